The van der Waals surface area contributed by atoms with Crippen LogP contribution in [0.2, 0.25) is 0 Å². The van der Waals surface area contributed by atoms with Gasteiger partial charge in [0.15, 0.2) is 11.3 Å². The normalized spacial score (nSPS) is 12.7. The summed E-state index contributed by atoms with van der Waals surface area (Å²) in [5.74, 6) is -0.465. The predicted octanol–water partition coefficient (Wildman–Crippen LogP) is 6.52. The van der Waals surface area contributed by atoms with Crippen LogP contribution in [-0.4, -0.2) is 17.2 Å². The van der Waals surface area contributed by atoms with E-state index in [0.29, 0.717) is 12.1 Å². The highest BCUT2D eigenvalue weighted by Gasteiger charge is 2.32. The van der Waals surface area contributed by atoms with Crippen molar-refractivity contribution in [3.63, 3.8) is 0 Å². The molecular formula is C28H18F3NO7S2. The first-order valence-corrected chi connectivity index (χ1v) is 14.2. The maximum Gasteiger partial charge on any atom is 0.416 e. The summed E-state index contributed by atoms with van der Waals surface area (Å²) in [5.41, 5.74) is -1.02. The summed E-state index contributed by atoms with van der Waals surface area (Å²) in [4.78, 5) is 12.2. The van der Waals surface area contributed by atoms with Crippen LogP contribution in [0.3, 0.4) is 0 Å². The van der Waals surface area contributed by atoms with Gasteiger partial charge in [-0.2, -0.15) is 21.6 Å². The number of rotatable bonds is 7. The van der Waals surface area contributed by atoms with Gasteiger partial charge in [-0.15, -0.1) is 0 Å². The van der Waals surface area contributed by atoms with Crippen LogP contribution >= 0.6 is 0 Å². The molecule has 0 saturated carbocycles. The van der Waals surface area contributed by atoms with E-state index < -0.39 is 49.4 Å². The summed E-state index contributed by atoms with van der Waals surface area (Å²) in [6, 6.07) is 24.0. The molecule has 1 aromatic heterocycles. The first kappa shape index (κ1) is 28.1. The zero-order valence-electron chi connectivity index (χ0n) is 20.6. The van der Waals surface area contributed by atoms with Gasteiger partial charge >= 0.3 is 21.9 Å². The van der Waals surface area contributed by atoms with Crippen LogP contribution < -0.4 is 14.1 Å². The minimum Gasteiger partial charge on any atom is -0.417 e. The van der Waals surface area contributed by atoms with Crippen LogP contribution in [0.1, 0.15) is 5.56 Å². The monoisotopic (exact) mass is 601 g/mol. The molecule has 0 aliphatic carbocycles. The fourth-order valence-electron chi connectivity index (χ4n) is 4.04. The van der Waals surface area contributed by atoms with Gasteiger partial charge in [0.05, 0.1) is 11.3 Å². The summed E-state index contributed by atoms with van der Waals surface area (Å²) >= 11 is -2.71. The molecule has 0 radical (unpaired) electrons. The van der Waals surface area contributed by atoms with Gasteiger partial charge in [0.2, 0.25) is 0 Å². The Hall–Kier alpha value is -4.46. The van der Waals surface area contributed by atoms with E-state index >= 15 is 0 Å². The number of anilines is 2. The molecule has 8 nitrogen and oxygen atoms in total. The van der Waals surface area contributed by atoms with Gasteiger partial charge in [0, 0.05) is 5.39 Å². The van der Waals surface area contributed by atoms with Gasteiger partial charge in [-0.3, -0.25) is 4.55 Å². The molecule has 1 atom stereocenters. The summed E-state index contributed by atoms with van der Waals surface area (Å²) in [6.45, 7) is 0. The van der Waals surface area contributed by atoms with E-state index in [1.165, 1.54) is 18.2 Å². The van der Waals surface area contributed by atoms with Crippen molar-refractivity contribution in [2.45, 2.75) is 11.1 Å². The van der Waals surface area contributed by atoms with E-state index in [0.717, 1.165) is 33.6 Å². The number of hydrogen-bond acceptors (Lipinski definition) is 6. The van der Waals surface area contributed by atoms with Crippen LogP contribution in [0.5, 0.6) is 5.75 Å². The van der Waals surface area contributed by atoms with Gasteiger partial charge in [0.25, 0.3) is 11.3 Å². The molecular weight excluding hydrogens is 583 g/mol. The Morgan fingerprint density at radius 2 is 1.49 bits per heavy atom. The number of halogens is 3. The highest BCUT2D eigenvalue weighted by Crippen LogP contribution is 2.34. The molecule has 210 valence electrons. The number of para-hydroxylation sites is 1. The van der Waals surface area contributed by atoms with Crippen LogP contribution in [0, 0.1) is 0 Å². The van der Waals surface area contributed by atoms with Gasteiger partial charge in [-0.25, -0.2) is 13.3 Å². The molecule has 0 fully saturated rings. The Labute approximate surface area is 233 Å². The zero-order chi connectivity index (χ0) is 29.4. The molecule has 0 saturated heterocycles. The smallest absolute Gasteiger partial charge is 0.416 e. The van der Waals surface area contributed by atoms with Crippen LogP contribution in [0.4, 0.5) is 24.5 Å². The lowest BCUT2D eigenvalue weighted by Gasteiger charge is -2.19. The molecule has 5 rings (SSSR count). The van der Waals surface area contributed by atoms with Crippen molar-refractivity contribution < 1.29 is 39.0 Å². The molecule has 13 heteroatoms. The highest BCUT2D eigenvalue weighted by molar-refractivity contribution is 7.87. The van der Waals surface area contributed by atoms with Crippen molar-refractivity contribution in [1.82, 2.24) is 0 Å². The third kappa shape index (κ3) is 5.87. The zero-order valence-corrected chi connectivity index (χ0v) is 22.2. The number of fused-ring (bicyclic) bond motifs is 1. The van der Waals surface area contributed by atoms with Crippen molar-refractivity contribution in [3.05, 3.63) is 119 Å². The second-order valence-corrected chi connectivity index (χ2v) is 11.0. The van der Waals surface area contributed by atoms with Crippen LogP contribution in [0.15, 0.2) is 117 Å². The molecule has 0 aliphatic heterocycles. The van der Waals surface area contributed by atoms with E-state index in [9.17, 15) is 35.1 Å². The molecule has 1 unspecified atom stereocenters. The summed E-state index contributed by atoms with van der Waals surface area (Å²) in [5, 5.41) is 0.118. The maximum absolute atomic E-state index is 13.1. The van der Waals surface area contributed by atoms with E-state index in [4.69, 9.17) is 8.60 Å². The Balaban J connectivity index is 1.52. The fourth-order valence-corrected chi connectivity index (χ4v) is 5.62. The summed E-state index contributed by atoms with van der Waals surface area (Å²) < 4.78 is 98.4. The van der Waals surface area contributed by atoms with E-state index in [2.05, 4.69) is 0 Å². The highest BCUT2D eigenvalue weighted by atomic mass is 32.2. The Bertz CT molecular complexity index is 1930. The van der Waals surface area contributed by atoms with Gasteiger partial charge in [0.1, 0.15) is 10.6 Å². The van der Waals surface area contributed by atoms with Crippen molar-refractivity contribution in [2.75, 3.05) is 4.31 Å². The lowest BCUT2D eigenvalue weighted by molar-refractivity contribution is -0.137. The van der Waals surface area contributed by atoms with E-state index in [1.807, 2.05) is 30.3 Å². The van der Waals surface area contributed by atoms with Crippen molar-refractivity contribution in [2.24, 2.45) is 0 Å². The summed E-state index contributed by atoms with van der Waals surface area (Å²) in [7, 11) is -4.77. The molecule has 1 N–H and O–H groups in total. The average Bonchev–Trinajstić information content (AvgIpc) is 2.94. The summed E-state index contributed by atoms with van der Waals surface area (Å²) in [6.07, 6.45) is -4.78. The molecule has 1 heterocycles. The number of hydrogen-bond donors (Lipinski definition) is 1. The Kier molecular flexibility index (Phi) is 7.43. The molecule has 0 spiro atoms. The molecule has 0 amide bonds. The molecule has 4 aromatic carbocycles. The number of benzene rings is 4. The lowest BCUT2D eigenvalue weighted by atomic mass is 10.1. The van der Waals surface area contributed by atoms with Crippen molar-refractivity contribution in [1.29, 1.82) is 0 Å². The molecule has 5 aromatic rings. The van der Waals surface area contributed by atoms with Crippen molar-refractivity contribution in [3.8, 4) is 16.9 Å². The number of alkyl halides is 3. The van der Waals surface area contributed by atoms with Gasteiger partial charge in [-0.05, 0) is 53.6 Å². The second-order valence-electron chi connectivity index (χ2n) is 8.59. The van der Waals surface area contributed by atoms with Gasteiger partial charge in [-0.1, -0.05) is 60.7 Å². The minimum atomic E-state index is -4.78. The van der Waals surface area contributed by atoms with E-state index in [1.54, 1.807) is 24.3 Å². The fraction of sp³-hybridized carbons (Fsp3) is 0.0357. The number of nitrogens with zero attached hydrogens (tertiary/aromatic N) is 1. The second kappa shape index (κ2) is 10.8. The van der Waals surface area contributed by atoms with E-state index in [-0.39, 0.29) is 22.3 Å². The quantitative estimate of drug-likeness (QED) is 0.128. The predicted molar refractivity (Wildman–Crippen MR) is 147 cm³/mol. The standard InChI is InChI=1S/C28H18F3NO7S2/c29-28(30,31)21-9-5-10-23(17-21)41(36,37)39-25-11-4-8-20-16-24(27(33)38-26(20)25)32(40(34)35)22-14-12-19(13-15-22)18-6-2-1-3-7-18/h1-17H,(H,34,35). The molecule has 0 aliphatic rings. The SMILES string of the molecule is O=c1oc2c(OS(=O)(=O)c3cccc(C(F)(F)F)c3)cccc2cc1N(c1ccc(-c2ccccc2)cc1)S(=O)O. The minimum absolute atomic E-state index is 0.118. The van der Waals surface area contributed by atoms with Crippen molar-refractivity contribution >= 4 is 43.7 Å². The molecule has 0 bridgehead atoms. The third-order valence-electron chi connectivity index (χ3n) is 5.94. The Morgan fingerprint density at radius 3 is 2.15 bits per heavy atom. The maximum atomic E-state index is 13.1. The first-order chi connectivity index (χ1) is 19.4. The van der Waals surface area contributed by atoms with Gasteiger partial charge < -0.3 is 8.60 Å². The topological polar surface area (TPSA) is 114 Å². The van der Waals surface area contributed by atoms with Crippen LogP contribution in [-0.2, 0) is 27.6 Å². The third-order valence-corrected chi connectivity index (χ3v) is 7.89. The average molecular weight is 602 g/mol. The Morgan fingerprint density at radius 1 is 0.829 bits per heavy atom. The first-order valence-electron chi connectivity index (χ1n) is 11.7. The largest absolute Gasteiger partial charge is 0.417 e. The van der Waals surface area contributed by atoms with Crippen LogP contribution in [0.25, 0.3) is 22.1 Å². The lowest BCUT2D eigenvalue weighted by Crippen LogP contribution is -2.24. The molecule has 41 heavy (non-hydrogen) atoms.